The molecule has 0 atom stereocenters. The van der Waals surface area contributed by atoms with Crippen LogP contribution in [0, 0.1) is 5.92 Å². The van der Waals surface area contributed by atoms with Crippen molar-refractivity contribution in [1.29, 1.82) is 0 Å². The van der Waals surface area contributed by atoms with Crippen molar-refractivity contribution < 1.29 is 19.4 Å². The summed E-state index contributed by atoms with van der Waals surface area (Å²) in [6.07, 6.45) is 7.12. The fourth-order valence-electron chi connectivity index (χ4n) is 1.53. The van der Waals surface area contributed by atoms with Crippen LogP contribution in [-0.4, -0.2) is 37.5 Å². The number of carbonyl (C=O) groups is 1. The van der Waals surface area contributed by atoms with Crippen molar-refractivity contribution in [3.8, 4) is 0 Å². The molecule has 17 heavy (non-hydrogen) atoms. The standard InChI is InChI=1S/C9H18O2.C4H8O2/c1-10-7-8-11-9-5-3-2-4-6-9;1-3(2)4(5)6/h9H,2-8H2,1H3;3H,1-2H3,(H,5,6). The van der Waals surface area contributed by atoms with E-state index in [9.17, 15) is 4.79 Å². The van der Waals surface area contributed by atoms with Gasteiger partial charge in [-0.15, -0.1) is 0 Å². The summed E-state index contributed by atoms with van der Waals surface area (Å²) in [7, 11) is 1.71. The number of ether oxygens (including phenoxy) is 2. The average molecular weight is 246 g/mol. The van der Waals surface area contributed by atoms with Gasteiger partial charge < -0.3 is 14.6 Å². The lowest BCUT2D eigenvalue weighted by Crippen LogP contribution is -2.18. The van der Waals surface area contributed by atoms with Crippen LogP contribution < -0.4 is 0 Å². The first kappa shape index (κ1) is 16.4. The predicted octanol–water partition coefficient (Wildman–Crippen LogP) is 2.71. The molecule has 0 unspecified atom stereocenters. The lowest BCUT2D eigenvalue weighted by Gasteiger charge is -2.21. The molecule has 1 rings (SSSR count). The van der Waals surface area contributed by atoms with Crippen LogP contribution in [0.15, 0.2) is 0 Å². The Morgan fingerprint density at radius 1 is 1.24 bits per heavy atom. The molecule has 0 bridgehead atoms. The number of hydrogen-bond acceptors (Lipinski definition) is 3. The molecule has 1 N–H and O–H groups in total. The van der Waals surface area contributed by atoms with Crippen molar-refractivity contribution in [3.05, 3.63) is 0 Å². The van der Waals surface area contributed by atoms with E-state index in [0.717, 1.165) is 13.2 Å². The van der Waals surface area contributed by atoms with Crippen LogP contribution in [0.4, 0.5) is 0 Å². The number of carboxylic acids is 1. The molecule has 1 aliphatic carbocycles. The second kappa shape index (κ2) is 10.5. The molecular weight excluding hydrogens is 220 g/mol. The monoisotopic (exact) mass is 246 g/mol. The molecule has 4 nitrogen and oxygen atoms in total. The molecule has 0 amide bonds. The summed E-state index contributed by atoms with van der Waals surface area (Å²) in [5, 5.41) is 7.99. The van der Waals surface area contributed by atoms with E-state index in [1.54, 1.807) is 21.0 Å². The molecule has 0 spiro atoms. The van der Waals surface area contributed by atoms with E-state index >= 15 is 0 Å². The van der Waals surface area contributed by atoms with Gasteiger partial charge in [-0.3, -0.25) is 4.79 Å². The van der Waals surface area contributed by atoms with Gasteiger partial charge in [-0.1, -0.05) is 33.1 Å². The highest BCUT2D eigenvalue weighted by Gasteiger charge is 2.12. The second-order valence-electron chi connectivity index (χ2n) is 4.62. The van der Waals surface area contributed by atoms with Gasteiger partial charge in [0.25, 0.3) is 0 Å². The molecule has 0 saturated heterocycles. The summed E-state index contributed by atoms with van der Waals surface area (Å²) in [5.41, 5.74) is 0. The highest BCUT2D eigenvalue weighted by Crippen LogP contribution is 2.19. The smallest absolute Gasteiger partial charge is 0.305 e. The maximum atomic E-state index is 9.70. The topological polar surface area (TPSA) is 55.8 Å². The Morgan fingerprint density at radius 2 is 1.76 bits per heavy atom. The molecule has 102 valence electrons. The van der Waals surface area contributed by atoms with E-state index in [0.29, 0.717) is 6.10 Å². The van der Waals surface area contributed by atoms with Crippen LogP contribution in [-0.2, 0) is 14.3 Å². The van der Waals surface area contributed by atoms with Crippen LogP contribution in [0.25, 0.3) is 0 Å². The third kappa shape index (κ3) is 10.3. The zero-order chi connectivity index (χ0) is 13.1. The lowest BCUT2D eigenvalue weighted by molar-refractivity contribution is -0.140. The van der Waals surface area contributed by atoms with Crippen molar-refractivity contribution >= 4 is 5.97 Å². The van der Waals surface area contributed by atoms with Crippen LogP contribution >= 0.6 is 0 Å². The molecule has 0 heterocycles. The third-order valence-corrected chi connectivity index (χ3v) is 2.69. The second-order valence-corrected chi connectivity index (χ2v) is 4.62. The molecule has 0 aliphatic heterocycles. The van der Waals surface area contributed by atoms with E-state index in [1.165, 1.54) is 32.1 Å². The van der Waals surface area contributed by atoms with Gasteiger partial charge in [-0.05, 0) is 12.8 Å². The van der Waals surface area contributed by atoms with E-state index in [-0.39, 0.29) is 5.92 Å². The maximum absolute atomic E-state index is 9.70. The van der Waals surface area contributed by atoms with Gasteiger partial charge in [-0.25, -0.2) is 0 Å². The Bertz CT molecular complexity index is 186. The number of aliphatic carboxylic acids is 1. The first-order chi connectivity index (χ1) is 8.07. The summed E-state index contributed by atoms with van der Waals surface area (Å²) in [4.78, 5) is 9.70. The molecule has 0 aromatic heterocycles. The first-order valence-corrected chi connectivity index (χ1v) is 6.41. The van der Waals surface area contributed by atoms with Crippen LogP contribution in [0.5, 0.6) is 0 Å². The van der Waals surface area contributed by atoms with Crippen LogP contribution in [0.2, 0.25) is 0 Å². The SMILES string of the molecule is CC(C)C(=O)O.COCCOC1CCCCC1. The molecule has 4 heteroatoms. The largest absolute Gasteiger partial charge is 0.481 e. The van der Waals surface area contributed by atoms with E-state index in [1.807, 2.05) is 0 Å². The van der Waals surface area contributed by atoms with Gasteiger partial charge >= 0.3 is 5.97 Å². The zero-order valence-electron chi connectivity index (χ0n) is 11.3. The van der Waals surface area contributed by atoms with E-state index < -0.39 is 5.97 Å². The minimum Gasteiger partial charge on any atom is -0.481 e. The summed E-state index contributed by atoms with van der Waals surface area (Å²) < 4.78 is 10.5. The van der Waals surface area contributed by atoms with Gasteiger partial charge in [0.05, 0.1) is 25.2 Å². The van der Waals surface area contributed by atoms with Crippen molar-refractivity contribution in [2.45, 2.75) is 52.1 Å². The zero-order valence-corrected chi connectivity index (χ0v) is 11.3. The fraction of sp³-hybridized carbons (Fsp3) is 0.923. The van der Waals surface area contributed by atoms with E-state index in [2.05, 4.69) is 0 Å². The minimum atomic E-state index is -0.741. The molecule has 1 saturated carbocycles. The van der Waals surface area contributed by atoms with Crippen molar-refractivity contribution in [2.75, 3.05) is 20.3 Å². The highest BCUT2D eigenvalue weighted by molar-refractivity contribution is 5.68. The molecule has 0 radical (unpaired) electrons. The Morgan fingerprint density at radius 3 is 2.18 bits per heavy atom. The fourth-order valence-corrected chi connectivity index (χ4v) is 1.53. The molecule has 1 fully saturated rings. The van der Waals surface area contributed by atoms with Gasteiger partial charge in [0.2, 0.25) is 0 Å². The summed E-state index contributed by atoms with van der Waals surface area (Å²) in [5.74, 6) is -0.972. The Balaban J connectivity index is 0.000000366. The normalized spacial score (nSPS) is 16.5. The quantitative estimate of drug-likeness (QED) is 0.758. The third-order valence-electron chi connectivity index (χ3n) is 2.69. The molecular formula is C13H26O4. The van der Waals surface area contributed by atoms with E-state index in [4.69, 9.17) is 14.6 Å². The van der Waals surface area contributed by atoms with Gasteiger partial charge in [-0.2, -0.15) is 0 Å². The van der Waals surface area contributed by atoms with Crippen molar-refractivity contribution in [3.63, 3.8) is 0 Å². The molecule has 1 aliphatic rings. The van der Waals surface area contributed by atoms with Gasteiger partial charge in [0, 0.05) is 7.11 Å². The highest BCUT2D eigenvalue weighted by atomic mass is 16.5. The van der Waals surface area contributed by atoms with Crippen LogP contribution in [0.3, 0.4) is 0 Å². The Labute approximate surface area is 104 Å². The molecule has 0 aromatic carbocycles. The summed E-state index contributed by atoms with van der Waals surface area (Å²) >= 11 is 0. The summed E-state index contributed by atoms with van der Waals surface area (Å²) in [6.45, 7) is 4.78. The van der Waals surface area contributed by atoms with Gasteiger partial charge in [0.15, 0.2) is 0 Å². The Kier molecular flexibility index (Phi) is 10.2. The van der Waals surface area contributed by atoms with Gasteiger partial charge in [0.1, 0.15) is 0 Å². The molecule has 0 aromatic rings. The summed E-state index contributed by atoms with van der Waals surface area (Å²) in [6, 6.07) is 0. The number of rotatable bonds is 5. The number of methoxy groups -OCH3 is 1. The lowest BCUT2D eigenvalue weighted by atomic mass is 9.98. The first-order valence-electron chi connectivity index (χ1n) is 6.41. The Hall–Kier alpha value is -0.610. The maximum Gasteiger partial charge on any atom is 0.305 e. The predicted molar refractivity (Wildman–Crippen MR) is 67.2 cm³/mol. The van der Waals surface area contributed by atoms with Crippen molar-refractivity contribution in [2.24, 2.45) is 5.92 Å². The minimum absolute atomic E-state index is 0.231. The van der Waals surface area contributed by atoms with Crippen LogP contribution in [0.1, 0.15) is 46.0 Å². The average Bonchev–Trinajstić information content (AvgIpc) is 2.31. The van der Waals surface area contributed by atoms with Crippen molar-refractivity contribution in [1.82, 2.24) is 0 Å². The number of hydrogen-bond donors (Lipinski definition) is 1. The number of carboxylic acid groups (broad SMARTS) is 1.